The van der Waals surface area contributed by atoms with E-state index in [0.717, 1.165) is 5.56 Å². The highest BCUT2D eigenvalue weighted by Gasteiger charge is 2.27. The van der Waals surface area contributed by atoms with E-state index in [4.69, 9.17) is 28.3 Å². The smallest absolute Gasteiger partial charge is 0.242 e. The first kappa shape index (κ1) is 20.7. The Morgan fingerprint density at radius 3 is 2.46 bits per heavy atom. The van der Waals surface area contributed by atoms with Crippen molar-refractivity contribution in [3.63, 3.8) is 0 Å². The van der Waals surface area contributed by atoms with Gasteiger partial charge >= 0.3 is 0 Å². The van der Waals surface area contributed by atoms with Crippen molar-refractivity contribution in [3.8, 4) is 0 Å². The highest BCUT2D eigenvalue weighted by Crippen LogP contribution is 2.25. The number of sulfonamides is 1. The van der Waals surface area contributed by atoms with E-state index >= 15 is 0 Å². The van der Waals surface area contributed by atoms with Crippen LogP contribution in [0, 0.1) is 0 Å². The van der Waals surface area contributed by atoms with E-state index in [1.807, 2.05) is 6.07 Å². The normalized spacial score (nSPS) is 12.6. The number of amides is 1. The monoisotopic (exact) mass is 416 g/mol. The molecule has 1 amide bonds. The predicted octanol–water partition coefficient (Wildman–Crippen LogP) is 1.99. The summed E-state index contributed by atoms with van der Waals surface area (Å²) in [6, 6.07) is 12.0. The topological polar surface area (TPSA) is 95.5 Å². The zero-order valence-electron chi connectivity index (χ0n) is 13.7. The number of halogens is 2. The van der Waals surface area contributed by atoms with Crippen molar-refractivity contribution < 1.29 is 18.3 Å². The van der Waals surface area contributed by atoms with Crippen molar-refractivity contribution in [2.45, 2.75) is 17.4 Å². The molecule has 9 heteroatoms. The Balaban J connectivity index is 2.29. The van der Waals surface area contributed by atoms with Gasteiger partial charge in [0.15, 0.2) is 0 Å². The summed E-state index contributed by atoms with van der Waals surface area (Å²) >= 11 is 11.8. The maximum atomic E-state index is 12.7. The fourth-order valence-corrected chi connectivity index (χ4v) is 4.23. The maximum Gasteiger partial charge on any atom is 0.242 e. The summed E-state index contributed by atoms with van der Waals surface area (Å²) in [5.74, 6) is -0.551. The van der Waals surface area contributed by atoms with Gasteiger partial charge in [-0.1, -0.05) is 53.5 Å². The molecule has 2 aromatic carbocycles. The van der Waals surface area contributed by atoms with E-state index in [1.165, 1.54) is 18.2 Å². The summed E-state index contributed by atoms with van der Waals surface area (Å²) in [6.45, 7) is -0.236. The SMILES string of the molecule is O=C(NCCO)[C@H](Cc1ccccc1)NS(=O)(=O)c1cc(Cl)ccc1Cl. The standard InChI is InChI=1S/C17H18Cl2N2O4S/c18-13-6-7-14(19)16(11-13)26(24,25)21-15(17(23)20-8-9-22)10-12-4-2-1-3-5-12/h1-7,11,15,21-22H,8-10H2,(H,20,23)/t15-/m0/s1. The molecule has 0 unspecified atom stereocenters. The molecule has 0 bridgehead atoms. The molecule has 2 aromatic rings. The molecule has 0 aliphatic carbocycles. The molecule has 6 nitrogen and oxygen atoms in total. The Labute approximate surface area is 162 Å². The summed E-state index contributed by atoms with van der Waals surface area (Å²) in [5.41, 5.74) is 0.775. The maximum absolute atomic E-state index is 12.7. The van der Waals surface area contributed by atoms with Crippen LogP contribution in [0.25, 0.3) is 0 Å². The molecule has 0 aromatic heterocycles. The summed E-state index contributed by atoms with van der Waals surface area (Å²) < 4.78 is 27.8. The van der Waals surface area contributed by atoms with Crippen LogP contribution in [0.5, 0.6) is 0 Å². The van der Waals surface area contributed by atoms with Crippen molar-refractivity contribution in [2.75, 3.05) is 13.2 Å². The van der Waals surface area contributed by atoms with Crippen molar-refractivity contribution in [3.05, 3.63) is 64.1 Å². The number of carbonyl (C=O) groups is 1. The summed E-state index contributed by atoms with van der Waals surface area (Å²) in [7, 11) is -4.09. The molecule has 2 rings (SSSR count). The van der Waals surface area contributed by atoms with E-state index < -0.39 is 22.0 Å². The first-order valence-corrected chi connectivity index (χ1v) is 9.97. The third-order valence-electron chi connectivity index (χ3n) is 3.49. The van der Waals surface area contributed by atoms with Gasteiger partial charge in [0.1, 0.15) is 10.9 Å². The lowest BCUT2D eigenvalue weighted by Gasteiger charge is -2.19. The number of rotatable bonds is 8. The number of aliphatic hydroxyl groups excluding tert-OH is 1. The second-order valence-electron chi connectivity index (χ2n) is 5.45. The molecule has 0 heterocycles. The number of hydrogen-bond acceptors (Lipinski definition) is 4. The van der Waals surface area contributed by atoms with Gasteiger partial charge in [-0.3, -0.25) is 4.79 Å². The molecule has 0 radical (unpaired) electrons. The highest BCUT2D eigenvalue weighted by molar-refractivity contribution is 7.89. The van der Waals surface area contributed by atoms with E-state index in [2.05, 4.69) is 10.0 Å². The summed E-state index contributed by atoms with van der Waals surface area (Å²) in [6.07, 6.45) is 0.134. The fraction of sp³-hybridized carbons (Fsp3) is 0.235. The van der Waals surface area contributed by atoms with Crippen LogP contribution in [-0.4, -0.2) is 38.6 Å². The Morgan fingerprint density at radius 1 is 1.12 bits per heavy atom. The molecule has 0 saturated heterocycles. The summed E-state index contributed by atoms with van der Waals surface area (Å²) in [5, 5.41) is 11.6. The van der Waals surface area contributed by atoms with Crippen molar-refractivity contribution in [1.82, 2.24) is 10.0 Å². The van der Waals surface area contributed by atoms with Crippen LogP contribution in [0.15, 0.2) is 53.4 Å². The van der Waals surface area contributed by atoms with Crippen LogP contribution in [0.1, 0.15) is 5.56 Å². The van der Waals surface area contributed by atoms with Gasteiger partial charge in [-0.05, 0) is 30.2 Å². The number of benzene rings is 2. The molecule has 0 spiro atoms. The molecule has 26 heavy (non-hydrogen) atoms. The Bertz CT molecular complexity index is 860. The van der Waals surface area contributed by atoms with Gasteiger partial charge in [0.25, 0.3) is 0 Å². The van der Waals surface area contributed by atoms with Gasteiger partial charge in [0.05, 0.1) is 11.6 Å². The van der Waals surface area contributed by atoms with Crippen LogP contribution in [0.3, 0.4) is 0 Å². The van der Waals surface area contributed by atoms with Crippen LogP contribution in [0.2, 0.25) is 10.0 Å². The van der Waals surface area contributed by atoms with Crippen molar-refractivity contribution in [2.24, 2.45) is 0 Å². The number of nitrogens with one attached hydrogen (secondary N) is 2. The molecule has 0 aliphatic rings. The Kier molecular flexibility index (Phi) is 7.43. The number of aliphatic hydroxyl groups is 1. The molecule has 3 N–H and O–H groups in total. The summed E-state index contributed by atoms with van der Waals surface area (Å²) in [4.78, 5) is 12.2. The molecular formula is C17H18Cl2N2O4S. The molecule has 140 valence electrons. The minimum Gasteiger partial charge on any atom is -0.395 e. The number of hydrogen-bond donors (Lipinski definition) is 3. The van der Waals surface area contributed by atoms with Gasteiger partial charge in [-0.2, -0.15) is 4.72 Å². The minimum atomic E-state index is -4.09. The van der Waals surface area contributed by atoms with Crippen molar-refractivity contribution in [1.29, 1.82) is 0 Å². The zero-order chi connectivity index (χ0) is 19.2. The van der Waals surface area contributed by atoms with Gasteiger partial charge < -0.3 is 10.4 Å². The van der Waals surface area contributed by atoms with Gasteiger partial charge in [-0.15, -0.1) is 0 Å². The minimum absolute atomic E-state index is 0.00359. The van der Waals surface area contributed by atoms with Gasteiger partial charge in [0, 0.05) is 11.6 Å². The quantitative estimate of drug-likeness (QED) is 0.612. The van der Waals surface area contributed by atoms with Crippen molar-refractivity contribution >= 4 is 39.1 Å². The third kappa shape index (κ3) is 5.69. The Morgan fingerprint density at radius 2 is 1.81 bits per heavy atom. The number of carbonyl (C=O) groups excluding carboxylic acids is 1. The lowest BCUT2D eigenvalue weighted by Crippen LogP contribution is -2.48. The zero-order valence-corrected chi connectivity index (χ0v) is 16.0. The van der Waals surface area contributed by atoms with E-state index in [1.54, 1.807) is 24.3 Å². The Hall–Kier alpha value is -1.64. The molecular weight excluding hydrogens is 399 g/mol. The lowest BCUT2D eigenvalue weighted by molar-refractivity contribution is -0.122. The molecule has 0 saturated carbocycles. The van der Waals surface area contributed by atoms with Crippen LogP contribution < -0.4 is 10.0 Å². The van der Waals surface area contributed by atoms with Gasteiger partial charge in [-0.25, -0.2) is 8.42 Å². The van der Waals surface area contributed by atoms with E-state index in [-0.39, 0.29) is 34.5 Å². The molecule has 1 atom stereocenters. The lowest BCUT2D eigenvalue weighted by atomic mass is 10.1. The third-order valence-corrected chi connectivity index (χ3v) is 5.68. The molecule has 0 aliphatic heterocycles. The first-order valence-electron chi connectivity index (χ1n) is 7.73. The fourth-order valence-electron chi connectivity index (χ4n) is 2.27. The highest BCUT2D eigenvalue weighted by atomic mass is 35.5. The van der Waals surface area contributed by atoms with Gasteiger partial charge in [0.2, 0.25) is 15.9 Å². The predicted molar refractivity (Wildman–Crippen MR) is 101 cm³/mol. The van der Waals surface area contributed by atoms with E-state index in [9.17, 15) is 13.2 Å². The average Bonchev–Trinajstić information content (AvgIpc) is 2.61. The second kappa shape index (κ2) is 9.34. The first-order chi connectivity index (χ1) is 12.3. The second-order valence-corrected chi connectivity index (χ2v) is 7.98. The largest absolute Gasteiger partial charge is 0.395 e. The average molecular weight is 417 g/mol. The van der Waals surface area contributed by atoms with Crippen LogP contribution >= 0.6 is 23.2 Å². The van der Waals surface area contributed by atoms with Crippen LogP contribution in [0.4, 0.5) is 0 Å². The van der Waals surface area contributed by atoms with E-state index in [0.29, 0.717) is 0 Å². The van der Waals surface area contributed by atoms with Crippen LogP contribution in [-0.2, 0) is 21.2 Å². The molecule has 0 fully saturated rings.